The zero-order chi connectivity index (χ0) is 22.8. The maximum atomic E-state index is 12.1. The van der Waals surface area contributed by atoms with Crippen molar-refractivity contribution in [3.8, 4) is 29.2 Å². The van der Waals surface area contributed by atoms with Crippen LogP contribution < -0.4 is 4.74 Å². The first-order valence-electron chi connectivity index (χ1n) is 9.13. The number of hydrogen-bond donors (Lipinski definition) is 1. The monoisotopic (exact) mass is 464 g/mol. The quantitative estimate of drug-likeness (QED) is 0.420. The van der Waals surface area contributed by atoms with Crippen LogP contribution in [0.2, 0.25) is 0 Å². The van der Waals surface area contributed by atoms with E-state index < -0.39 is 5.97 Å². The Labute approximate surface area is 190 Å². The standard InChI is InChI=1S/C22H13ClN4O4S/c1-30-17-7-4-13(9-24)20-19(17)16(10-25)21(22(28)29)27(20)11-14-8-18(31-26-14)12-2-5-15(32-23)6-3-12/h2-8H,11H2,1H3,(H,28,29). The van der Waals surface area contributed by atoms with Crippen molar-refractivity contribution in [3.63, 3.8) is 0 Å². The fourth-order valence-electron chi connectivity index (χ4n) is 3.56. The van der Waals surface area contributed by atoms with Crippen LogP contribution in [-0.4, -0.2) is 27.9 Å². The minimum atomic E-state index is -1.30. The molecule has 0 aliphatic rings. The Kier molecular flexibility index (Phi) is 5.78. The summed E-state index contributed by atoms with van der Waals surface area (Å²) >= 11 is 0. The molecule has 0 amide bonds. The topological polar surface area (TPSA) is 125 Å². The SMILES string of the molecule is COc1ccc(C#N)c2c1c(C#N)c(C(=O)O)n2Cc1cc(-c2ccc(SCl)cc2)on1. The van der Waals surface area contributed by atoms with Crippen molar-refractivity contribution in [2.24, 2.45) is 0 Å². The molecule has 0 bridgehead atoms. The number of rotatable bonds is 6. The Hall–Kier alpha value is -3.92. The van der Waals surface area contributed by atoms with Crippen LogP contribution in [0, 0.1) is 22.7 Å². The maximum Gasteiger partial charge on any atom is 0.353 e. The second kappa shape index (κ2) is 8.67. The number of methoxy groups -OCH3 is 1. The van der Waals surface area contributed by atoms with Gasteiger partial charge in [0, 0.05) is 16.5 Å². The van der Waals surface area contributed by atoms with Gasteiger partial charge >= 0.3 is 5.97 Å². The smallest absolute Gasteiger partial charge is 0.353 e. The third-order valence-corrected chi connectivity index (χ3v) is 5.91. The van der Waals surface area contributed by atoms with Gasteiger partial charge in [0.1, 0.15) is 29.3 Å². The molecule has 32 heavy (non-hydrogen) atoms. The van der Waals surface area contributed by atoms with E-state index >= 15 is 0 Å². The van der Waals surface area contributed by atoms with E-state index in [1.807, 2.05) is 30.3 Å². The molecule has 4 aromatic rings. The first kappa shape index (κ1) is 21.3. The maximum absolute atomic E-state index is 12.1. The van der Waals surface area contributed by atoms with Crippen molar-refractivity contribution in [1.29, 1.82) is 10.5 Å². The molecule has 0 unspecified atom stereocenters. The van der Waals surface area contributed by atoms with Gasteiger partial charge in [-0.1, -0.05) is 5.16 Å². The largest absolute Gasteiger partial charge is 0.496 e. The van der Waals surface area contributed by atoms with Crippen LogP contribution in [-0.2, 0) is 6.54 Å². The van der Waals surface area contributed by atoms with Gasteiger partial charge in [-0.15, -0.1) is 0 Å². The second-order valence-corrected chi connectivity index (χ2v) is 7.75. The lowest BCUT2D eigenvalue weighted by Crippen LogP contribution is -2.11. The molecule has 0 fully saturated rings. The summed E-state index contributed by atoms with van der Waals surface area (Å²) in [6.07, 6.45) is 0. The number of benzene rings is 2. The number of carboxylic acids is 1. The van der Waals surface area contributed by atoms with E-state index in [1.54, 1.807) is 6.07 Å². The Morgan fingerprint density at radius 1 is 1.25 bits per heavy atom. The third-order valence-electron chi connectivity index (χ3n) is 4.93. The molecular formula is C22H13ClN4O4S. The first-order valence-corrected chi connectivity index (χ1v) is 10.8. The van der Waals surface area contributed by atoms with Crippen molar-refractivity contribution in [3.05, 3.63) is 65.0 Å². The lowest BCUT2D eigenvalue weighted by molar-refractivity contribution is 0.0685. The van der Waals surface area contributed by atoms with Gasteiger partial charge in [0.05, 0.1) is 35.7 Å². The fraction of sp³-hybridized carbons (Fsp3) is 0.0909. The van der Waals surface area contributed by atoms with Gasteiger partial charge in [-0.2, -0.15) is 10.5 Å². The summed E-state index contributed by atoms with van der Waals surface area (Å²) in [6, 6.07) is 16.1. The van der Waals surface area contributed by atoms with Crippen LogP contribution in [0.25, 0.3) is 22.2 Å². The molecule has 2 heterocycles. The minimum absolute atomic E-state index is 0.0270. The number of nitriles is 2. The molecule has 0 saturated carbocycles. The Morgan fingerprint density at radius 3 is 2.59 bits per heavy atom. The van der Waals surface area contributed by atoms with Crippen LogP contribution in [0.5, 0.6) is 5.75 Å². The number of carbonyl (C=O) groups is 1. The second-order valence-electron chi connectivity index (χ2n) is 6.66. The summed E-state index contributed by atoms with van der Waals surface area (Å²) in [4.78, 5) is 13.0. The molecule has 8 nitrogen and oxygen atoms in total. The molecule has 0 aliphatic carbocycles. The van der Waals surface area contributed by atoms with Crippen molar-refractivity contribution in [1.82, 2.24) is 9.72 Å². The molecular weight excluding hydrogens is 452 g/mol. The molecule has 4 rings (SSSR count). The minimum Gasteiger partial charge on any atom is -0.496 e. The van der Waals surface area contributed by atoms with Crippen molar-refractivity contribution in [2.75, 3.05) is 7.11 Å². The number of carboxylic acid groups (broad SMARTS) is 1. The van der Waals surface area contributed by atoms with Crippen LogP contribution in [0.4, 0.5) is 0 Å². The van der Waals surface area contributed by atoms with Crippen LogP contribution in [0.3, 0.4) is 0 Å². The highest BCUT2D eigenvalue weighted by Crippen LogP contribution is 2.36. The molecule has 0 atom stereocenters. The summed E-state index contributed by atoms with van der Waals surface area (Å²) in [5.74, 6) is -0.519. The summed E-state index contributed by atoms with van der Waals surface area (Å²) in [7, 11) is 8.26. The number of halogens is 1. The molecule has 0 spiro atoms. The fourth-order valence-corrected chi connectivity index (χ4v) is 4.11. The molecule has 0 radical (unpaired) electrons. The zero-order valence-electron chi connectivity index (χ0n) is 16.5. The van der Waals surface area contributed by atoms with E-state index in [9.17, 15) is 20.4 Å². The van der Waals surface area contributed by atoms with Gasteiger partial charge in [-0.25, -0.2) is 4.79 Å². The predicted molar refractivity (Wildman–Crippen MR) is 118 cm³/mol. The highest BCUT2D eigenvalue weighted by atomic mass is 35.7. The number of aromatic nitrogens is 2. The molecule has 2 aromatic carbocycles. The molecule has 10 heteroatoms. The van der Waals surface area contributed by atoms with Gasteiger partial charge in [-0.05, 0) is 58.1 Å². The zero-order valence-corrected chi connectivity index (χ0v) is 18.1. The van der Waals surface area contributed by atoms with Gasteiger partial charge in [0.15, 0.2) is 5.76 Å². The van der Waals surface area contributed by atoms with Crippen molar-refractivity contribution >= 4 is 38.5 Å². The molecule has 0 saturated heterocycles. The van der Waals surface area contributed by atoms with E-state index in [-0.39, 0.29) is 34.3 Å². The van der Waals surface area contributed by atoms with Gasteiger partial charge in [-0.3, -0.25) is 0 Å². The number of ether oxygens (including phenoxy) is 1. The highest BCUT2D eigenvalue weighted by molar-refractivity contribution is 8.21. The third kappa shape index (κ3) is 3.54. The van der Waals surface area contributed by atoms with Crippen LogP contribution >= 0.6 is 21.7 Å². The van der Waals surface area contributed by atoms with Gasteiger partial charge in [0.2, 0.25) is 0 Å². The summed E-state index contributed by atoms with van der Waals surface area (Å²) in [5.41, 5.74) is 1.35. The Bertz CT molecular complexity index is 1430. The predicted octanol–water partition coefficient (Wildman–Crippen LogP) is 5.04. The average Bonchev–Trinajstić information content (AvgIpc) is 3.41. The number of hydrogen-bond acceptors (Lipinski definition) is 7. The molecule has 1 N–H and O–H groups in total. The Balaban J connectivity index is 1.87. The summed E-state index contributed by atoms with van der Waals surface area (Å²) in [5, 5.41) is 33.5. The highest BCUT2D eigenvalue weighted by Gasteiger charge is 2.27. The van der Waals surface area contributed by atoms with E-state index in [0.29, 0.717) is 17.2 Å². The first-order chi connectivity index (χ1) is 15.5. The van der Waals surface area contributed by atoms with Crippen molar-refractivity contribution in [2.45, 2.75) is 11.4 Å². The number of nitrogens with zero attached hydrogens (tertiary/aromatic N) is 4. The van der Waals surface area contributed by atoms with E-state index in [2.05, 4.69) is 11.2 Å². The average molecular weight is 465 g/mol. The summed E-state index contributed by atoms with van der Waals surface area (Å²) in [6.45, 7) is -0.0270. The van der Waals surface area contributed by atoms with Gasteiger partial charge < -0.3 is 18.9 Å². The summed E-state index contributed by atoms with van der Waals surface area (Å²) < 4.78 is 12.2. The number of fused-ring (bicyclic) bond motifs is 1. The molecule has 158 valence electrons. The van der Waals surface area contributed by atoms with Gasteiger partial charge in [0.25, 0.3) is 0 Å². The lowest BCUT2D eigenvalue weighted by atomic mass is 10.1. The normalized spacial score (nSPS) is 10.6. The van der Waals surface area contributed by atoms with Crippen LogP contribution in [0.1, 0.15) is 27.3 Å². The lowest BCUT2D eigenvalue weighted by Gasteiger charge is -2.08. The van der Waals surface area contributed by atoms with Crippen molar-refractivity contribution < 1.29 is 19.2 Å². The van der Waals surface area contributed by atoms with E-state index in [0.717, 1.165) is 21.4 Å². The number of aromatic carboxylic acids is 1. The van der Waals surface area contributed by atoms with E-state index in [1.165, 1.54) is 23.8 Å². The molecule has 0 aliphatic heterocycles. The van der Waals surface area contributed by atoms with Crippen LogP contribution in [0.15, 0.2) is 51.9 Å². The Morgan fingerprint density at radius 2 is 2.00 bits per heavy atom. The van der Waals surface area contributed by atoms with E-state index in [4.69, 9.17) is 19.9 Å². The molecule has 2 aromatic heterocycles.